The maximum absolute atomic E-state index is 14.5. The molecule has 3 aliphatic heterocycles. The zero-order valence-corrected chi connectivity index (χ0v) is 45.3. The van der Waals surface area contributed by atoms with Crippen molar-refractivity contribution >= 4 is 35.2 Å². The molecule has 17 nitrogen and oxygen atoms in total. The molecule has 4 aliphatic rings. The number of fused-ring (bicyclic) bond motifs is 3. The quantitative estimate of drug-likeness (QED) is 0.116. The van der Waals surface area contributed by atoms with Crippen LogP contribution in [-0.2, 0) is 57.2 Å². The van der Waals surface area contributed by atoms with Gasteiger partial charge in [0.05, 0.1) is 31.5 Å². The van der Waals surface area contributed by atoms with E-state index in [1.807, 2.05) is 51.2 Å². The number of ketones is 3. The zero-order valence-electron chi connectivity index (χ0n) is 45.3. The Balaban J connectivity index is 1.69. The third-order valence-corrected chi connectivity index (χ3v) is 15.9. The van der Waals surface area contributed by atoms with Crippen molar-refractivity contribution in [2.75, 3.05) is 41.1 Å². The number of hydrogen-bond donors (Lipinski definition) is 4. The minimum atomic E-state index is -2.47. The lowest BCUT2D eigenvalue weighted by atomic mass is 9.78. The first-order chi connectivity index (χ1) is 34.5. The Morgan fingerprint density at radius 1 is 0.863 bits per heavy atom. The number of allylic oxidation sites excluding steroid dienone is 6. The highest BCUT2D eigenvalue weighted by Crippen LogP contribution is 2.38. The van der Waals surface area contributed by atoms with Crippen molar-refractivity contribution in [3.8, 4) is 0 Å². The summed E-state index contributed by atoms with van der Waals surface area (Å²) in [6.45, 7) is 12.7. The summed E-state index contributed by atoms with van der Waals surface area (Å²) < 4.78 is 35.4. The number of Topliss-reactive ketones (excluding diaryl/α,β-unsaturated/α-hetero) is 3. The first-order valence-electron chi connectivity index (χ1n) is 26.4. The zero-order chi connectivity index (χ0) is 54.4. The second-order valence-corrected chi connectivity index (χ2v) is 21.8. The molecule has 0 unspecified atom stereocenters. The number of piperidine rings is 1. The fourth-order valence-corrected chi connectivity index (χ4v) is 10.7. The second kappa shape index (κ2) is 28.3. The fraction of sp³-hybridized carbons (Fsp3) is 0.750. The molecule has 412 valence electrons. The largest absolute Gasteiger partial charge is 0.460 e. The third kappa shape index (κ3) is 16.0. The van der Waals surface area contributed by atoms with Crippen molar-refractivity contribution in [2.45, 2.75) is 187 Å². The number of cyclic esters (lactones) is 1. The van der Waals surface area contributed by atoms with Crippen molar-refractivity contribution in [1.29, 1.82) is 0 Å². The van der Waals surface area contributed by atoms with Gasteiger partial charge in [-0.1, -0.05) is 71.1 Å². The topological polar surface area (TPSA) is 242 Å². The minimum Gasteiger partial charge on any atom is -0.460 e. The summed E-state index contributed by atoms with van der Waals surface area (Å²) in [6, 6.07) is -1.20. The number of amides is 1. The molecular weight excluding hydrogens is 943 g/mol. The van der Waals surface area contributed by atoms with E-state index >= 15 is 0 Å². The van der Waals surface area contributed by atoms with E-state index in [9.17, 15) is 49.2 Å². The molecule has 0 aromatic rings. The lowest BCUT2D eigenvalue weighted by Crippen LogP contribution is -2.61. The molecule has 1 amide bonds. The van der Waals surface area contributed by atoms with Crippen LogP contribution in [0.2, 0.25) is 0 Å². The van der Waals surface area contributed by atoms with Gasteiger partial charge in [-0.3, -0.25) is 24.0 Å². The normalized spacial score (nSPS) is 37.4. The van der Waals surface area contributed by atoms with E-state index in [1.165, 1.54) is 21.1 Å². The molecule has 4 rings (SSSR count). The van der Waals surface area contributed by atoms with Crippen LogP contribution < -0.4 is 0 Å². The van der Waals surface area contributed by atoms with Crippen molar-refractivity contribution in [3.05, 3.63) is 47.6 Å². The van der Waals surface area contributed by atoms with Gasteiger partial charge in [0.2, 0.25) is 5.79 Å². The van der Waals surface area contributed by atoms with Gasteiger partial charge in [0.15, 0.2) is 5.78 Å². The molecule has 2 saturated heterocycles. The van der Waals surface area contributed by atoms with Gasteiger partial charge in [0, 0.05) is 58.5 Å². The van der Waals surface area contributed by atoms with Gasteiger partial charge in [0.25, 0.3) is 11.7 Å². The van der Waals surface area contributed by atoms with Crippen LogP contribution in [0, 0.1) is 40.9 Å². The number of esters is 2. The second-order valence-electron chi connectivity index (χ2n) is 21.8. The van der Waals surface area contributed by atoms with E-state index < -0.39 is 120 Å². The highest BCUT2D eigenvalue weighted by atomic mass is 16.6. The van der Waals surface area contributed by atoms with E-state index in [1.54, 1.807) is 40.9 Å². The van der Waals surface area contributed by atoms with E-state index in [2.05, 4.69) is 0 Å². The molecule has 17 heteroatoms. The molecule has 73 heavy (non-hydrogen) atoms. The molecule has 15 atom stereocenters. The highest BCUT2D eigenvalue weighted by molar-refractivity contribution is 6.39. The Morgan fingerprint density at radius 2 is 1.56 bits per heavy atom. The Kier molecular flexibility index (Phi) is 23.9. The van der Waals surface area contributed by atoms with Gasteiger partial charge in [-0.05, 0) is 114 Å². The standard InChI is InChI=1S/C56H87NO16/c1-33-17-13-12-14-18-34(2)45(68-9)29-41-22-20-39(7)56(67,73-41)51(63)52(64)57-24-16-15-19-42(57)53(65)71-46(30-43(60)35(3)26-38(6)49(62)50(70-11)48(61)37(5)25-33)36(4)27-40-21-23-44(47(28-40)69-10)72-54(66)55(8,31-58)32-59/h12-14,17-18,26,33,35-37,39-42,44-47,49-50,58-59,62,67H,15-16,19-25,27-32H2,1-11H3/b14-12-,17-13+,34-18+,38-26-/t33-,35-,36+,37-,39-,40+,41+,42+,44-,45+,46+,47-,49+,50-,56-/m1/s1. The van der Waals surface area contributed by atoms with Crippen LogP contribution in [0.15, 0.2) is 47.6 Å². The third-order valence-electron chi connectivity index (χ3n) is 15.9. The lowest BCUT2D eigenvalue weighted by Gasteiger charge is -2.42. The lowest BCUT2D eigenvalue weighted by molar-refractivity contribution is -0.265. The van der Waals surface area contributed by atoms with Crippen LogP contribution in [0.1, 0.15) is 132 Å². The molecule has 2 bridgehead atoms. The maximum Gasteiger partial charge on any atom is 0.329 e. The van der Waals surface area contributed by atoms with Gasteiger partial charge in [-0.2, -0.15) is 0 Å². The van der Waals surface area contributed by atoms with Gasteiger partial charge >= 0.3 is 11.9 Å². The first-order valence-corrected chi connectivity index (χ1v) is 26.4. The van der Waals surface area contributed by atoms with Crippen LogP contribution in [0.3, 0.4) is 0 Å². The number of hydrogen-bond acceptors (Lipinski definition) is 16. The van der Waals surface area contributed by atoms with Crippen LogP contribution in [0.25, 0.3) is 0 Å². The van der Waals surface area contributed by atoms with Gasteiger partial charge in [-0.25, -0.2) is 4.79 Å². The number of ether oxygens (including phenoxy) is 6. The number of nitrogens with zero attached hydrogens (tertiary/aromatic N) is 1. The number of aliphatic hydroxyl groups excluding tert-OH is 3. The predicted octanol–water partition coefficient (Wildman–Crippen LogP) is 5.72. The summed E-state index contributed by atoms with van der Waals surface area (Å²) in [5.74, 6) is -9.36. The average Bonchev–Trinajstić information content (AvgIpc) is 3.37. The van der Waals surface area contributed by atoms with Crippen molar-refractivity contribution in [1.82, 2.24) is 4.90 Å². The summed E-state index contributed by atoms with van der Waals surface area (Å²) in [7, 11) is 4.43. The number of aliphatic hydroxyl groups is 4. The first kappa shape index (κ1) is 61.6. The maximum atomic E-state index is 14.5. The van der Waals surface area contributed by atoms with E-state index in [0.717, 1.165) is 10.5 Å². The Bertz CT molecular complexity index is 2010. The molecule has 0 spiro atoms. The Labute approximate surface area is 433 Å². The highest BCUT2D eigenvalue weighted by Gasteiger charge is 2.53. The van der Waals surface area contributed by atoms with Crippen molar-refractivity contribution < 1.29 is 77.6 Å². The summed E-state index contributed by atoms with van der Waals surface area (Å²) in [5, 5.41) is 43.1. The Hall–Kier alpha value is -3.94. The van der Waals surface area contributed by atoms with Gasteiger partial charge < -0.3 is 53.7 Å². The molecule has 0 aromatic carbocycles. The molecule has 1 saturated carbocycles. The monoisotopic (exact) mass is 1030 g/mol. The number of carbonyl (C=O) groups is 6. The van der Waals surface area contributed by atoms with Crippen molar-refractivity contribution in [3.63, 3.8) is 0 Å². The van der Waals surface area contributed by atoms with Crippen molar-refractivity contribution in [2.24, 2.45) is 40.9 Å². The van der Waals surface area contributed by atoms with E-state index in [0.29, 0.717) is 69.8 Å². The van der Waals surface area contributed by atoms with E-state index in [-0.39, 0.29) is 42.8 Å². The fourth-order valence-electron chi connectivity index (χ4n) is 10.7. The van der Waals surface area contributed by atoms with E-state index in [4.69, 9.17) is 28.4 Å². The summed E-state index contributed by atoms with van der Waals surface area (Å²) in [6.07, 6.45) is 9.76. The molecular formula is C56H87NO16. The number of carbonyl (C=O) groups excluding carboxylic acids is 6. The van der Waals surface area contributed by atoms with Crippen LogP contribution >= 0.6 is 0 Å². The molecule has 4 N–H and O–H groups in total. The van der Waals surface area contributed by atoms with Gasteiger partial charge in [-0.15, -0.1) is 0 Å². The smallest absolute Gasteiger partial charge is 0.329 e. The minimum absolute atomic E-state index is 0.00697. The van der Waals surface area contributed by atoms with Crippen LogP contribution in [-0.4, -0.2) is 156 Å². The predicted molar refractivity (Wildman–Crippen MR) is 271 cm³/mol. The molecule has 3 fully saturated rings. The van der Waals surface area contributed by atoms with Crippen LogP contribution in [0.4, 0.5) is 0 Å². The Morgan fingerprint density at radius 3 is 2.21 bits per heavy atom. The number of methoxy groups -OCH3 is 3. The number of rotatable bonds is 10. The molecule has 0 aromatic heterocycles. The summed E-state index contributed by atoms with van der Waals surface area (Å²) >= 11 is 0. The molecule has 1 aliphatic carbocycles. The average molecular weight is 1030 g/mol. The van der Waals surface area contributed by atoms with Gasteiger partial charge in [0.1, 0.15) is 41.7 Å². The summed E-state index contributed by atoms with van der Waals surface area (Å²) in [5.41, 5.74) is -0.277. The molecule has 3 heterocycles. The van der Waals surface area contributed by atoms with Crippen LogP contribution in [0.5, 0.6) is 0 Å². The molecule has 0 radical (unpaired) electrons. The SMILES string of the molecule is CO[C@H]1C[C@@H]2CC[C@@H](C)[C@@](O)(O2)C(=O)C(=O)N2CCCC[C@H]2C(=O)O[C@H]([C@@H](C)C[C@@H]2CC[C@@H](OC(=O)C(C)(CO)CO)[C@H](OC)C2)CC(=O)[C@H](C)/C=C(/C)[C@H](O)[C@H](OC)C(=O)[C@H](C)C[C@H](C)/C=C/C=C\C=C\1C. The summed E-state index contributed by atoms with van der Waals surface area (Å²) in [4.78, 5) is 85.4.